The van der Waals surface area contributed by atoms with Crippen molar-refractivity contribution in [2.24, 2.45) is 0 Å². The second-order valence-electron chi connectivity index (χ2n) is 2.51. The molecule has 0 spiro atoms. The van der Waals surface area contributed by atoms with E-state index in [9.17, 15) is 4.79 Å². The molecule has 3 nitrogen and oxygen atoms in total. The lowest BCUT2D eigenvalue weighted by Gasteiger charge is -2.03. The Balaban J connectivity index is 2.82. The van der Waals surface area contributed by atoms with Crippen molar-refractivity contribution in [2.75, 3.05) is 13.7 Å². The summed E-state index contributed by atoms with van der Waals surface area (Å²) in [6, 6.07) is 7.88. The average Bonchev–Trinajstić information content (AvgIpc) is 2.18. The summed E-state index contributed by atoms with van der Waals surface area (Å²) in [7, 11) is 1.55. The first-order chi connectivity index (χ1) is 6.27. The van der Waals surface area contributed by atoms with Crippen molar-refractivity contribution in [3.05, 3.63) is 29.8 Å². The van der Waals surface area contributed by atoms with E-state index < -0.39 is 0 Å². The van der Waals surface area contributed by atoms with Gasteiger partial charge in [-0.1, -0.05) is 0 Å². The molecule has 0 bridgehead atoms. The molecule has 1 aromatic carbocycles. The standard InChI is InChI=1S/C10H12NO2/c1-3-11-10(12)8-5-4-6-9(7-8)13-2/h4-5,7H,3H2,1-2H3,(H,11,12). The van der Waals surface area contributed by atoms with Gasteiger partial charge in [-0.3, -0.25) is 4.79 Å². The number of carbonyl (C=O) groups excluding carboxylic acids is 1. The molecule has 0 unspecified atom stereocenters. The number of hydrogen-bond acceptors (Lipinski definition) is 2. The zero-order valence-corrected chi connectivity index (χ0v) is 7.76. The van der Waals surface area contributed by atoms with Gasteiger partial charge in [0.2, 0.25) is 0 Å². The molecule has 0 aromatic heterocycles. The molecule has 0 saturated heterocycles. The Labute approximate surface area is 77.7 Å². The predicted octanol–water partition coefficient (Wildman–Crippen LogP) is 1.25. The molecule has 1 N–H and O–H groups in total. The zero-order chi connectivity index (χ0) is 9.68. The van der Waals surface area contributed by atoms with Gasteiger partial charge in [0.15, 0.2) is 0 Å². The molecule has 1 aromatic rings. The van der Waals surface area contributed by atoms with Crippen LogP contribution >= 0.6 is 0 Å². The third kappa shape index (κ3) is 2.47. The highest BCUT2D eigenvalue weighted by atomic mass is 16.5. The van der Waals surface area contributed by atoms with E-state index in [0.29, 0.717) is 17.9 Å². The predicted molar refractivity (Wildman–Crippen MR) is 49.8 cm³/mol. The summed E-state index contributed by atoms with van der Waals surface area (Å²) >= 11 is 0. The maximum Gasteiger partial charge on any atom is 0.251 e. The van der Waals surface area contributed by atoms with Gasteiger partial charge in [-0.15, -0.1) is 0 Å². The monoisotopic (exact) mass is 178 g/mol. The van der Waals surface area contributed by atoms with Crippen molar-refractivity contribution in [1.82, 2.24) is 5.32 Å². The van der Waals surface area contributed by atoms with Crippen molar-refractivity contribution in [2.45, 2.75) is 6.92 Å². The smallest absolute Gasteiger partial charge is 0.251 e. The van der Waals surface area contributed by atoms with Gasteiger partial charge in [0.25, 0.3) is 5.91 Å². The van der Waals surface area contributed by atoms with Gasteiger partial charge < -0.3 is 10.1 Å². The lowest BCUT2D eigenvalue weighted by atomic mass is 10.2. The van der Waals surface area contributed by atoms with E-state index in [-0.39, 0.29) is 5.91 Å². The van der Waals surface area contributed by atoms with E-state index in [2.05, 4.69) is 11.4 Å². The van der Waals surface area contributed by atoms with E-state index in [4.69, 9.17) is 4.74 Å². The molecule has 13 heavy (non-hydrogen) atoms. The summed E-state index contributed by atoms with van der Waals surface area (Å²) in [5.74, 6) is 0.485. The molecule has 69 valence electrons. The molecule has 1 rings (SSSR count). The number of methoxy groups -OCH3 is 1. The lowest BCUT2D eigenvalue weighted by molar-refractivity contribution is 0.0955. The minimum absolute atomic E-state index is 0.0881. The fraction of sp³-hybridized carbons (Fsp3) is 0.300. The molecule has 0 aliphatic carbocycles. The van der Waals surface area contributed by atoms with Crippen molar-refractivity contribution in [3.8, 4) is 5.75 Å². The fourth-order valence-electron chi connectivity index (χ4n) is 0.966. The number of hydrogen-bond donors (Lipinski definition) is 1. The van der Waals surface area contributed by atoms with Crippen LogP contribution in [0.5, 0.6) is 5.75 Å². The second kappa shape index (κ2) is 4.50. The molecule has 1 radical (unpaired) electrons. The summed E-state index contributed by atoms with van der Waals surface area (Å²) in [5, 5.41) is 2.70. The Morgan fingerprint density at radius 2 is 2.46 bits per heavy atom. The number of ether oxygens (including phenoxy) is 1. The zero-order valence-electron chi connectivity index (χ0n) is 7.76. The molecule has 0 atom stereocenters. The van der Waals surface area contributed by atoms with E-state index >= 15 is 0 Å². The van der Waals surface area contributed by atoms with Crippen LogP contribution in [0.1, 0.15) is 17.3 Å². The van der Waals surface area contributed by atoms with Crippen molar-refractivity contribution in [3.63, 3.8) is 0 Å². The Kier molecular flexibility index (Phi) is 3.31. The first-order valence-corrected chi connectivity index (χ1v) is 4.12. The number of benzene rings is 1. The van der Waals surface area contributed by atoms with Crippen molar-refractivity contribution < 1.29 is 9.53 Å². The Bertz CT molecular complexity index is 297. The van der Waals surface area contributed by atoms with Crippen LogP contribution in [-0.4, -0.2) is 19.6 Å². The largest absolute Gasteiger partial charge is 0.496 e. The van der Waals surface area contributed by atoms with Crippen LogP contribution in [0, 0.1) is 6.07 Å². The van der Waals surface area contributed by atoms with Gasteiger partial charge in [0.05, 0.1) is 7.11 Å². The summed E-state index contributed by atoms with van der Waals surface area (Å²) in [5.41, 5.74) is 0.595. The molecule has 0 heterocycles. The molecule has 3 heteroatoms. The van der Waals surface area contributed by atoms with Crippen LogP contribution in [0.2, 0.25) is 0 Å². The number of nitrogens with one attached hydrogen (secondary N) is 1. The lowest BCUT2D eigenvalue weighted by Crippen LogP contribution is -2.22. The first-order valence-electron chi connectivity index (χ1n) is 4.12. The van der Waals surface area contributed by atoms with E-state index in [1.54, 1.807) is 25.3 Å². The Morgan fingerprint density at radius 1 is 1.69 bits per heavy atom. The quantitative estimate of drug-likeness (QED) is 0.756. The number of amides is 1. The summed E-state index contributed by atoms with van der Waals surface area (Å²) in [6.45, 7) is 2.50. The highest BCUT2D eigenvalue weighted by molar-refractivity contribution is 5.94. The third-order valence-electron chi connectivity index (χ3n) is 1.59. The second-order valence-corrected chi connectivity index (χ2v) is 2.51. The van der Waals surface area contributed by atoms with Gasteiger partial charge in [-0.2, -0.15) is 0 Å². The average molecular weight is 178 g/mol. The van der Waals surface area contributed by atoms with E-state index in [1.165, 1.54) is 0 Å². The minimum atomic E-state index is -0.0881. The highest BCUT2D eigenvalue weighted by Gasteiger charge is 2.04. The minimum Gasteiger partial charge on any atom is -0.496 e. The summed E-state index contributed by atoms with van der Waals surface area (Å²) < 4.78 is 4.95. The van der Waals surface area contributed by atoms with Crippen molar-refractivity contribution >= 4 is 5.91 Å². The van der Waals surface area contributed by atoms with Gasteiger partial charge in [0, 0.05) is 18.2 Å². The SMILES string of the molecule is CCNC(=O)c1cc[c]c(OC)c1. The maximum atomic E-state index is 11.3. The van der Waals surface area contributed by atoms with Gasteiger partial charge in [-0.25, -0.2) is 0 Å². The molecule has 0 aliphatic rings. The number of carbonyl (C=O) groups is 1. The van der Waals surface area contributed by atoms with E-state index in [0.717, 1.165) is 0 Å². The summed E-state index contributed by atoms with van der Waals surface area (Å²) in [6.07, 6.45) is 0. The van der Waals surface area contributed by atoms with Crippen LogP contribution in [0.15, 0.2) is 18.2 Å². The molecular formula is C10H12NO2. The van der Waals surface area contributed by atoms with Crippen LogP contribution in [0.3, 0.4) is 0 Å². The molecular weight excluding hydrogens is 166 g/mol. The third-order valence-corrected chi connectivity index (χ3v) is 1.59. The van der Waals surface area contributed by atoms with Gasteiger partial charge >= 0.3 is 0 Å². The van der Waals surface area contributed by atoms with Crippen LogP contribution in [-0.2, 0) is 0 Å². The molecule has 0 fully saturated rings. The molecule has 0 saturated carbocycles. The highest BCUT2D eigenvalue weighted by Crippen LogP contribution is 2.11. The Morgan fingerprint density at radius 3 is 3.08 bits per heavy atom. The summed E-state index contributed by atoms with van der Waals surface area (Å²) in [4.78, 5) is 11.3. The fourth-order valence-corrected chi connectivity index (χ4v) is 0.966. The van der Waals surface area contributed by atoms with Crippen LogP contribution in [0.25, 0.3) is 0 Å². The van der Waals surface area contributed by atoms with Crippen molar-refractivity contribution in [1.29, 1.82) is 0 Å². The number of rotatable bonds is 3. The molecule has 0 aliphatic heterocycles. The maximum absolute atomic E-state index is 11.3. The van der Waals surface area contributed by atoms with Crippen LogP contribution < -0.4 is 10.1 Å². The van der Waals surface area contributed by atoms with Gasteiger partial charge in [0.1, 0.15) is 5.75 Å². The normalized spacial score (nSPS) is 9.38. The topological polar surface area (TPSA) is 38.3 Å². The van der Waals surface area contributed by atoms with Gasteiger partial charge in [-0.05, 0) is 25.1 Å². The molecule has 1 amide bonds. The van der Waals surface area contributed by atoms with E-state index in [1.807, 2.05) is 6.92 Å². The van der Waals surface area contributed by atoms with Crippen LogP contribution in [0.4, 0.5) is 0 Å². The Hall–Kier alpha value is -1.51. The first kappa shape index (κ1) is 9.58.